The highest BCUT2D eigenvalue weighted by Gasteiger charge is 2.23. The van der Waals surface area contributed by atoms with Crippen molar-refractivity contribution in [2.24, 2.45) is 11.3 Å². The first-order valence-electron chi connectivity index (χ1n) is 4.92. The second-order valence-electron chi connectivity index (χ2n) is 4.46. The summed E-state index contributed by atoms with van der Waals surface area (Å²) >= 11 is 0. The summed E-state index contributed by atoms with van der Waals surface area (Å²) in [6, 6.07) is 2.24. The van der Waals surface area contributed by atoms with Crippen LogP contribution >= 0.6 is 0 Å². The highest BCUT2D eigenvalue weighted by Crippen LogP contribution is 2.26. The Morgan fingerprint density at radius 2 is 1.86 bits per heavy atom. The first kappa shape index (κ1) is 11.0. The lowest BCUT2D eigenvalue weighted by Crippen LogP contribution is -2.27. The molecular weight excluding hydrogens is 176 g/mol. The second-order valence-corrected chi connectivity index (χ2v) is 4.46. The van der Waals surface area contributed by atoms with E-state index in [1.165, 1.54) is 0 Å². The Morgan fingerprint density at radius 3 is 2.36 bits per heavy atom. The van der Waals surface area contributed by atoms with Crippen molar-refractivity contribution in [3.63, 3.8) is 0 Å². The van der Waals surface area contributed by atoms with E-state index in [1.807, 2.05) is 0 Å². The van der Waals surface area contributed by atoms with Gasteiger partial charge in [-0.2, -0.15) is 0 Å². The Morgan fingerprint density at radius 1 is 1.29 bits per heavy atom. The van der Waals surface area contributed by atoms with Gasteiger partial charge in [0.1, 0.15) is 0 Å². The zero-order chi connectivity index (χ0) is 10.6. The molecule has 3 nitrogen and oxygen atoms in total. The fourth-order valence-electron chi connectivity index (χ4n) is 0.777. The first-order valence-corrected chi connectivity index (χ1v) is 4.92. The molecule has 0 aliphatic carbocycles. The third-order valence-electron chi connectivity index (χ3n) is 2.68. The average molecular weight is 194 g/mol. The van der Waals surface area contributed by atoms with Crippen LogP contribution in [0.5, 0.6) is 6.01 Å². The van der Waals surface area contributed by atoms with E-state index >= 15 is 0 Å². The van der Waals surface area contributed by atoms with E-state index in [4.69, 9.17) is 4.74 Å². The first-order chi connectivity index (χ1) is 6.52. The van der Waals surface area contributed by atoms with Gasteiger partial charge in [0.2, 0.25) is 0 Å². The van der Waals surface area contributed by atoms with Crippen molar-refractivity contribution in [2.45, 2.75) is 27.7 Å². The summed E-state index contributed by atoms with van der Waals surface area (Å²) in [4.78, 5) is 8.02. The van der Waals surface area contributed by atoms with Gasteiger partial charge in [-0.05, 0) is 12.0 Å². The zero-order valence-corrected chi connectivity index (χ0v) is 9.32. The van der Waals surface area contributed by atoms with Crippen LogP contribution in [0.25, 0.3) is 0 Å². The van der Waals surface area contributed by atoms with Gasteiger partial charge in [0, 0.05) is 17.8 Å². The molecule has 0 fully saturated rings. The summed E-state index contributed by atoms with van der Waals surface area (Å²) in [5.41, 5.74) is 0.152. The molecule has 1 aromatic rings. The summed E-state index contributed by atoms with van der Waals surface area (Å²) < 4.78 is 5.51. The van der Waals surface area contributed by atoms with Crippen LogP contribution in [0.2, 0.25) is 0 Å². The zero-order valence-electron chi connectivity index (χ0n) is 9.32. The third kappa shape index (κ3) is 2.98. The summed E-state index contributed by atoms with van der Waals surface area (Å²) in [7, 11) is 0. The lowest BCUT2D eigenvalue weighted by Gasteiger charge is -2.28. The molecule has 14 heavy (non-hydrogen) atoms. The van der Waals surface area contributed by atoms with E-state index < -0.39 is 0 Å². The van der Waals surface area contributed by atoms with Gasteiger partial charge in [-0.1, -0.05) is 27.7 Å². The molecular formula is C11H18N2O. The molecule has 0 saturated carbocycles. The van der Waals surface area contributed by atoms with Crippen molar-refractivity contribution in [3.05, 3.63) is 18.5 Å². The lowest BCUT2D eigenvalue weighted by molar-refractivity contribution is 0.122. The Kier molecular flexibility index (Phi) is 3.44. The minimum Gasteiger partial charge on any atom is -0.463 e. The van der Waals surface area contributed by atoms with Crippen LogP contribution in [0.1, 0.15) is 27.7 Å². The lowest BCUT2D eigenvalue weighted by atomic mass is 9.82. The normalized spacial score (nSPS) is 11.8. The van der Waals surface area contributed by atoms with Crippen LogP contribution in [-0.4, -0.2) is 16.6 Å². The van der Waals surface area contributed by atoms with E-state index in [-0.39, 0.29) is 5.41 Å². The predicted molar refractivity (Wildman–Crippen MR) is 56.1 cm³/mol. The van der Waals surface area contributed by atoms with Gasteiger partial charge in [-0.25, -0.2) is 9.97 Å². The SMILES string of the molecule is CC(C)C(C)(C)COc1ncccn1. The number of hydrogen-bond donors (Lipinski definition) is 0. The molecule has 0 aromatic carbocycles. The van der Waals surface area contributed by atoms with Crippen LogP contribution in [0.15, 0.2) is 18.5 Å². The Hall–Kier alpha value is -1.12. The van der Waals surface area contributed by atoms with Gasteiger partial charge in [-0.3, -0.25) is 0 Å². The van der Waals surface area contributed by atoms with Crippen LogP contribution in [0, 0.1) is 11.3 Å². The van der Waals surface area contributed by atoms with Crippen molar-refractivity contribution in [1.82, 2.24) is 9.97 Å². The number of hydrogen-bond acceptors (Lipinski definition) is 3. The van der Waals surface area contributed by atoms with Crippen molar-refractivity contribution >= 4 is 0 Å². The van der Waals surface area contributed by atoms with Gasteiger partial charge in [0.05, 0.1) is 6.61 Å². The third-order valence-corrected chi connectivity index (χ3v) is 2.68. The fourth-order valence-corrected chi connectivity index (χ4v) is 0.777. The smallest absolute Gasteiger partial charge is 0.316 e. The van der Waals surface area contributed by atoms with Gasteiger partial charge >= 0.3 is 6.01 Å². The molecule has 0 N–H and O–H groups in total. The van der Waals surface area contributed by atoms with Crippen molar-refractivity contribution < 1.29 is 4.74 Å². The van der Waals surface area contributed by atoms with Crippen molar-refractivity contribution in [1.29, 1.82) is 0 Å². The predicted octanol–water partition coefficient (Wildman–Crippen LogP) is 2.54. The molecule has 0 amide bonds. The molecule has 0 aliphatic rings. The van der Waals surface area contributed by atoms with Crippen molar-refractivity contribution in [2.75, 3.05) is 6.61 Å². The quantitative estimate of drug-likeness (QED) is 0.738. The molecule has 1 rings (SSSR count). The monoisotopic (exact) mass is 194 g/mol. The molecule has 0 aliphatic heterocycles. The maximum atomic E-state index is 5.51. The highest BCUT2D eigenvalue weighted by molar-refractivity contribution is 4.93. The average Bonchev–Trinajstić information content (AvgIpc) is 2.16. The summed E-state index contributed by atoms with van der Waals surface area (Å²) in [5, 5.41) is 0. The molecule has 1 aromatic heterocycles. The van der Waals surface area contributed by atoms with E-state index in [2.05, 4.69) is 37.7 Å². The van der Waals surface area contributed by atoms with Crippen LogP contribution in [0.3, 0.4) is 0 Å². The standard InChI is InChI=1S/C11H18N2O/c1-9(2)11(3,4)8-14-10-12-6-5-7-13-10/h5-7,9H,8H2,1-4H3. The number of ether oxygens (including phenoxy) is 1. The number of nitrogens with zero attached hydrogens (tertiary/aromatic N) is 2. The molecule has 1 heterocycles. The molecule has 0 radical (unpaired) electrons. The highest BCUT2D eigenvalue weighted by atomic mass is 16.5. The molecule has 78 valence electrons. The van der Waals surface area contributed by atoms with Crippen LogP contribution in [-0.2, 0) is 0 Å². The topological polar surface area (TPSA) is 35.0 Å². The summed E-state index contributed by atoms with van der Waals surface area (Å²) in [6.45, 7) is 9.39. The minimum atomic E-state index is 0.152. The van der Waals surface area contributed by atoms with E-state index in [9.17, 15) is 0 Å². The maximum Gasteiger partial charge on any atom is 0.316 e. The van der Waals surface area contributed by atoms with Gasteiger partial charge in [0.25, 0.3) is 0 Å². The maximum absolute atomic E-state index is 5.51. The number of aromatic nitrogens is 2. The molecule has 0 unspecified atom stereocenters. The summed E-state index contributed by atoms with van der Waals surface area (Å²) in [5.74, 6) is 0.575. The molecule has 0 bridgehead atoms. The second kappa shape index (κ2) is 4.40. The largest absolute Gasteiger partial charge is 0.463 e. The Balaban J connectivity index is 2.49. The minimum absolute atomic E-state index is 0.152. The molecule has 0 saturated heterocycles. The van der Waals surface area contributed by atoms with E-state index in [0.29, 0.717) is 18.5 Å². The van der Waals surface area contributed by atoms with Gasteiger partial charge < -0.3 is 4.74 Å². The fraction of sp³-hybridized carbons (Fsp3) is 0.636. The van der Waals surface area contributed by atoms with Crippen molar-refractivity contribution in [3.8, 4) is 6.01 Å². The van der Waals surface area contributed by atoms with Gasteiger partial charge in [-0.15, -0.1) is 0 Å². The molecule has 0 atom stereocenters. The summed E-state index contributed by atoms with van der Waals surface area (Å²) in [6.07, 6.45) is 3.37. The number of rotatable bonds is 4. The molecule has 3 heteroatoms. The van der Waals surface area contributed by atoms with Crippen LogP contribution in [0.4, 0.5) is 0 Å². The van der Waals surface area contributed by atoms with Gasteiger partial charge in [0.15, 0.2) is 0 Å². The Labute approximate surface area is 85.5 Å². The Bertz CT molecular complexity index is 270. The molecule has 0 spiro atoms. The van der Waals surface area contributed by atoms with Crippen LogP contribution < -0.4 is 4.74 Å². The van der Waals surface area contributed by atoms with E-state index in [0.717, 1.165) is 0 Å². The van der Waals surface area contributed by atoms with E-state index in [1.54, 1.807) is 18.5 Å².